The molecule has 3 N–H and O–H groups in total. The average molecular weight is 269 g/mol. The van der Waals surface area contributed by atoms with Gasteiger partial charge in [-0.2, -0.15) is 0 Å². The van der Waals surface area contributed by atoms with Crippen molar-refractivity contribution in [1.82, 2.24) is 15.5 Å². The van der Waals surface area contributed by atoms with E-state index in [1.54, 1.807) is 13.8 Å². The summed E-state index contributed by atoms with van der Waals surface area (Å²) in [7, 11) is 0. The van der Waals surface area contributed by atoms with E-state index in [4.69, 9.17) is 5.11 Å². The number of carbonyl (C=O) groups excluding carboxylic acids is 1. The maximum Gasteiger partial charge on any atom is 0.326 e. The maximum absolute atomic E-state index is 11.9. The lowest BCUT2D eigenvalue weighted by Gasteiger charge is -2.23. The van der Waals surface area contributed by atoms with Crippen LogP contribution in [-0.4, -0.2) is 53.2 Å². The lowest BCUT2D eigenvalue weighted by Crippen LogP contribution is -2.52. The summed E-state index contributed by atoms with van der Waals surface area (Å²) in [6.45, 7) is 5.72. The van der Waals surface area contributed by atoms with Gasteiger partial charge in [-0.05, 0) is 31.7 Å². The molecule has 0 saturated carbocycles. The van der Waals surface area contributed by atoms with Crippen molar-refractivity contribution in [3.05, 3.63) is 0 Å². The molecule has 0 aromatic heterocycles. The Morgan fingerprint density at radius 1 is 1.26 bits per heavy atom. The summed E-state index contributed by atoms with van der Waals surface area (Å²) in [5, 5.41) is 14.5. The van der Waals surface area contributed by atoms with E-state index in [9.17, 15) is 9.59 Å². The van der Waals surface area contributed by atoms with Gasteiger partial charge in [0.25, 0.3) is 0 Å². The number of fused-ring (bicyclic) bond motifs is 1. The molecule has 2 aliphatic heterocycles. The summed E-state index contributed by atoms with van der Waals surface area (Å²) >= 11 is 0. The molecule has 2 amide bonds. The molecule has 0 radical (unpaired) electrons. The van der Waals surface area contributed by atoms with E-state index in [0.29, 0.717) is 6.04 Å². The molecule has 108 valence electrons. The van der Waals surface area contributed by atoms with Crippen LogP contribution in [0, 0.1) is 5.92 Å². The summed E-state index contributed by atoms with van der Waals surface area (Å²) in [5.74, 6) is -1.12. The molecule has 2 aliphatic rings. The molecular weight excluding hydrogens is 246 g/mol. The van der Waals surface area contributed by atoms with Crippen molar-refractivity contribution >= 4 is 12.0 Å². The minimum absolute atomic E-state index is 0.130. The maximum atomic E-state index is 11.9. The predicted molar refractivity (Wildman–Crippen MR) is 70.9 cm³/mol. The molecule has 2 heterocycles. The average Bonchev–Trinajstić information content (AvgIpc) is 2.90. The minimum atomic E-state index is -0.987. The summed E-state index contributed by atoms with van der Waals surface area (Å²) in [6, 6.07) is -0.599. The van der Waals surface area contributed by atoms with Gasteiger partial charge in [0.05, 0.1) is 0 Å². The first kappa shape index (κ1) is 14.1. The summed E-state index contributed by atoms with van der Waals surface area (Å²) in [5.41, 5.74) is 0. The van der Waals surface area contributed by atoms with E-state index in [1.165, 1.54) is 6.42 Å². The van der Waals surface area contributed by atoms with Gasteiger partial charge in [-0.25, -0.2) is 9.59 Å². The Morgan fingerprint density at radius 2 is 2.00 bits per heavy atom. The quantitative estimate of drug-likeness (QED) is 0.699. The van der Waals surface area contributed by atoms with Crippen LogP contribution in [0.3, 0.4) is 0 Å². The van der Waals surface area contributed by atoms with Crippen molar-refractivity contribution in [3.63, 3.8) is 0 Å². The first-order chi connectivity index (χ1) is 8.99. The Labute approximate surface area is 113 Å². The minimum Gasteiger partial charge on any atom is -0.480 e. The molecule has 2 unspecified atom stereocenters. The fraction of sp³-hybridized carbons (Fsp3) is 0.846. The topological polar surface area (TPSA) is 81.7 Å². The molecule has 0 spiro atoms. The highest BCUT2D eigenvalue weighted by Gasteiger charge is 2.38. The number of amides is 2. The van der Waals surface area contributed by atoms with Crippen molar-refractivity contribution in [2.75, 3.05) is 13.1 Å². The van der Waals surface area contributed by atoms with Crippen LogP contribution in [0.4, 0.5) is 4.79 Å². The monoisotopic (exact) mass is 269 g/mol. The van der Waals surface area contributed by atoms with Gasteiger partial charge in [0.15, 0.2) is 0 Å². The number of hydrogen-bond donors (Lipinski definition) is 3. The van der Waals surface area contributed by atoms with Crippen LogP contribution >= 0.6 is 0 Å². The van der Waals surface area contributed by atoms with Gasteiger partial charge >= 0.3 is 12.0 Å². The zero-order chi connectivity index (χ0) is 14.0. The lowest BCUT2D eigenvalue weighted by atomic mass is 10.0. The number of urea groups is 1. The van der Waals surface area contributed by atoms with Crippen LogP contribution in [0.15, 0.2) is 0 Å². The molecule has 3 atom stereocenters. The largest absolute Gasteiger partial charge is 0.480 e. The Balaban J connectivity index is 1.85. The normalized spacial score (nSPS) is 28.2. The first-order valence-corrected chi connectivity index (χ1v) is 7.03. The summed E-state index contributed by atoms with van der Waals surface area (Å²) in [6.07, 6.45) is 3.27. The fourth-order valence-corrected chi connectivity index (χ4v) is 3.12. The first-order valence-electron chi connectivity index (χ1n) is 7.03. The van der Waals surface area contributed by atoms with Crippen LogP contribution in [0.2, 0.25) is 0 Å². The van der Waals surface area contributed by atoms with Crippen LogP contribution in [0.25, 0.3) is 0 Å². The van der Waals surface area contributed by atoms with Crippen molar-refractivity contribution < 1.29 is 14.7 Å². The number of hydrogen-bond acceptors (Lipinski definition) is 3. The molecule has 2 saturated heterocycles. The predicted octanol–water partition coefficient (Wildman–Crippen LogP) is 0.632. The highest BCUT2D eigenvalue weighted by molar-refractivity contribution is 5.82. The number of rotatable bonds is 4. The molecule has 6 heteroatoms. The van der Waals surface area contributed by atoms with E-state index in [2.05, 4.69) is 15.5 Å². The van der Waals surface area contributed by atoms with E-state index in [1.807, 2.05) is 0 Å². The van der Waals surface area contributed by atoms with Crippen LogP contribution in [-0.2, 0) is 4.79 Å². The molecule has 2 rings (SSSR count). The third kappa shape index (κ3) is 3.18. The Kier molecular flexibility index (Phi) is 4.29. The van der Waals surface area contributed by atoms with Gasteiger partial charge < -0.3 is 15.7 Å². The molecule has 2 fully saturated rings. The standard InChI is InChI=1S/C13H23N3O3/c1-8(2)11(12(17)18)15-13(19)14-9-5-7-16-6-3-4-10(9)16/h8-11H,3-7H2,1-2H3,(H,17,18)(H2,14,15,19)/t9?,10?,11-/m1/s1. The van der Waals surface area contributed by atoms with E-state index in [0.717, 1.165) is 25.9 Å². The van der Waals surface area contributed by atoms with Gasteiger partial charge in [-0.1, -0.05) is 13.8 Å². The van der Waals surface area contributed by atoms with Crippen molar-refractivity contribution in [1.29, 1.82) is 0 Å². The number of aliphatic carboxylic acids is 1. The number of carboxylic acids is 1. The second kappa shape index (κ2) is 5.77. The van der Waals surface area contributed by atoms with Crippen molar-refractivity contribution in [2.45, 2.75) is 51.2 Å². The zero-order valence-corrected chi connectivity index (χ0v) is 11.6. The smallest absolute Gasteiger partial charge is 0.326 e. The van der Waals surface area contributed by atoms with Crippen molar-refractivity contribution in [3.8, 4) is 0 Å². The number of nitrogens with zero attached hydrogens (tertiary/aromatic N) is 1. The van der Waals surface area contributed by atoms with Gasteiger partial charge in [-0.3, -0.25) is 4.90 Å². The van der Waals surface area contributed by atoms with Crippen LogP contribution in [0.5, 0.6) is 0 Å². The molecule has 0 aliphatic carbocycles. The van der Waals surface area contributed by atoms with Crippen LogP contribution in [0.1, 0.15) is 33.1 Å². The SMILES string of the molecule is CC(C)[C@@H](NC(=O)NC1CCN2CCCC12)C(=O)O. The Hall–Kier alpha value is -1.30. The summed E-state index contributed by atoms with van der Waals surface area (Å²) < 4.78 is 0. The zero-order valence-electron chi connectivity index (χ0n) is 11.6. The third-order valence-electron chi connectivity index (χ3n) is 4.14. The van der Waals surface area contributed by atoms with Gasteiger partial charge in [0.1, 0.15) is 6.04 Å². The van der Waals surface area contributed by atoms with Crippen LogP contribution < -0.4 is 10.6 Å². The number of carboxylic acid groups (broad SMARTS) is 1. The lowest BCUT2D eigenvalue weighted by molar-refractivity contribution is -0.140. The van der Waals surface area contributed by atoms with Gasteiger partial charge in [0.2, 0.25) is 0 Å². The number of carbonyl (C=O) groups is 2. The third-order valence-corrected chi connectivity index (χ3v) is 4.14. The highest BCUT2D eigenvalue weighted by atomic mass is 16.4. The second-order valence-electron chi connectivity index (χ2n) is 5.82. The van der Waals surface area contributed by atoms with Crippen molar-refractivity contribution in [2.24, 2.45) is 5.92 Å². The second-order valence-corrected chi connectivity index (χ2v) is 5.82. The van der Waals surface area contributed by atoms with Gasteiger partial charge in [0, 0.05) is 18.6 Å². The molecule has 6 nitrogen and oxygen atoms in total. The summed E-state index contributed by atoms with van der Waals surface area (Å²) in [4.78, 5) is 25.4. The highest BCUT2D eigenvalue weighted by Crippen LogP contribution is 2.27. The molecule has 0 aromatic carbocycles. The fourth-order valence-electron chi connectivity index (χ4n) is 3.12. The van der Waals surface area contributed by atoms with E-state index in [-0.39, 0.29) is 18.0 Å². The molecule has 0 aromatic rings. The Bertz CT molecular complexity index is 359. The molecule has 0 bridgehead atoms. The van der Waals surface area contributed by atoms with E-state index >= 15 is 0 Å². The van der Waals surface area contributed by atoms with E-state index < -0.39 is 12.0 Å². The molecule has 19 heavy (non-hydrogen) atoms. The number of nitrogens with one attached hydrogen (secondary N) is 2. The van der Waals surface area contributed by atoms with Gasteiger partial charge in [-0.15, -0.1) is 0 Å². The Morgan fingerprint density at radius 3 is 2.63 bits per heavy atom. The molecular formula is C13H23N3O3.